The van der Waals surface area contributed by atoms with Crippen LogP contribution in [-0.4, -0.2) is 0 Å². The van der Waals surface area contributed by atoms with E-state index < -0.39 is 0 Å². The summed E-state index contributed by atoms with van der Waals surface area (Å²) in [5.74, 6) is 0. The van der Waals surface area contributed by atoms with E-state index in [-0.39, 0.29) is 0 Å². The van der Waals surface area contributed by atoms with Crippen molar-refractivity contribution in [3.05, 3.63) is 35.2 Å². The molecule has 0 saturated heterocycles. The van der Waals surface area contributed by atoms with Gasteiger partial charge in [-0.05, 0) is 17.5 Å². The van der Waals surface area contributed by atoms with E-state index in [4.69, 9.17) is 17.3 Å². The fourth-order valence-electron chi connectivity index (χ4n) is 0.710. The van der Waals surface area contributed by atoms with Crippen molar-refractivity contribution in [3.63, 3.8) is 0 Å². The highest BCUT2D eigenvalue weighted by Gasteiger charge is 2.00. The first-order valence-electron chi connectivity index (χ1n) is 3.07. The Bertz CT molecular complexity index is 273. The van der Waals surface area contributed by atoms with Gasteiger partial charge in [-0.1, -0.05) is 36.0 Å². The van der Waals surface area contributed by atoms with Crippen LogP contribution >= 0.6 is 23.4 Å². The van der Waals surface area contributed by atoms with Gasteiger partial charge in [-0.3, -0.25) is 0 Å². The predicted molar refractivity (Wildman–Crippen MR) is 51.9 cm³/mol. The number of anilines is 1. The van der Waals surface area contributed by atoms with E-state index in [0.717, 1.165) is 4.90 Å². The molecule has 0 amide bonds. The summed E-state index contributed by atoms with van der Waals surface area (Å²) in [6, 6.07) is 5.54. The Morgan fingerprint density at radius 1 is 1.55 bits per heavy atom. The first-order valence-corrected chi connectivity index (χ1v) is 4.33. The van der Waals surface area contributed by atoms with Crippen LogP contribution in [-0.2, 0) is 0 Å². The van der Waals surface area contributed by atoms with Gasteiger partial charge in [0.1, 0.15) is 0 Å². The van der Waals surface area contributed by atoms with Gasteiger partial charge in [-0.25, -0.2) is 0 Å². The van der Waals surface area contributed by atoms with Crippen molar-refractivity contribution in [1.82, 2.24) is 0 Å². The number of hydrogen-bond donors (Lipinski definition) is 1. The van der Waals surface area contributed by atoms with Crippen molar-refractivity contribution in [2.24, 2.45) is 0 Å². The fraction of sp³-hybridized carbons (Fsp3) is 0. The summed E-state index contributed by atoms with van der Waals surface area (Å²) < 4.78 is 0. The SMILES string of the molecule is C=CSc1cccc(Cl)c1N. The Labute approximate surface area is 75.2 Å². The third-order valence-corrected chi connectivity index (χ3v) is 2.33. The van der Waals surface area contributed by atoms with Crippen molar-refractivity contribution in [3.8, 4) is 0 Å². The van der Waals surface area contributed by atoms with Crippen LogP contribution < -0.4 is 5.73 Å². The molecule has 3 heteroatoms. The Morgan fingerprint density at radius 2 is 2.27 bits per heavy atom. The molecule has 0 aromatic heterocycles. The van der Waals surface area contributed by atoms with Crippen LogP contribution in [0.3, 0.4) is 0 Å². The molecule has 1 nitrogen and oxygen atoms in total. The lowest BCUT2D eigenvalue weighted by Crippen LogP contribution is -1.87. The van der Waals surface area contributed by atoms with Crippen LogP contribution in [0.15, 0.2) is 35.1 Å². The monoisotopic (exact) mass is 185 g/mol. The second kappa shape index (κ2) is 3.69. The number of thioether (sulfide) groups is 1. The molecule has 0 aliphatic heterocycles. The van der Waals surface area contributed by atoms with Crippen LogP contribution in [0.1, 0.15) is 0 Å². The predicted octanol–water partition coefficient (Wildman–Crippen LogP) is 3.16. The van der Waals surface area contributed by atoms with E-state index in [2.05, 4.69) is 6.58 Å². The van der Waals surface area contributed by atoms with E-state index in [1.165, 1.54) is 11.8 Å². The second-order valence-corrected chi connectivity index (χ2v) is 3.35. The topological polar surface area (TPSA) is 26.0 Å². The van der Waals surface area contributed by atoms with Crippen molar-refractivity contribution < 1.29 is 0 Å². The number of nitrogen functional groups attached to an aromatic ring is 1. The average molecular weight is 186 g/mol. The zero-order valence-corrected chi connectivity index (χ0v) is 7.45. The van der Waals surface area contributed by atoms with Gasteiger partial charge in [0.2, 0.25) is 0 Å². The molecule has 0 atom stereocenters. The highest BCUT2D eigenvalue weighted by atomic mass is 35.5. The molecule has 0 heterocycles. The number of rotatable bonds is 2. The minimum atomic E-state index is 0.594. The van der Waals surface area contributed by atoms with Crippen molar-refractivity contribution in [1.29, 1.82) is 0 Å². The van der Waals surface area contributed by atoms with Gasteiger partial charge >= 0.3 is 0 Å². The van der Waals surface area contributed by atoms with Gasteiger partial charge in [0.15, 0.2) is 0 Å². The number of nitrogens with two attached hydrogens (primary N) is 1. The fourth-order valence-corrected chi connectivity index (χ4v) is 1.51. The van der Waals surface area contributed by atoms with E-state index >= 15 is 0 Å². The number of para-hydroxylation sites is 1. The highest BCUT2D eigenvalue weighted by Crippen LogP contribution is 2.30. The smallest absolute Gasteiger partial charge is 0.0647 e. The van der Waals surface area contributed by atoms with Crippen LogP contribution in [0.25, 0.3) is 0 Å². The molecule has 0 aliphatic rings. The van der Waals surface area contributed by atoms with Gasteiger partial charge in [0.05, 0.1) is 10.7 Å². The summed E-state index contributed by atoms with van der Waals surface area (Å²) in [7, 11) is 0. The summed E-state index contributed by atoms with van der Waals surface area (Å²) >= 11 is 7.25. The van der Waals surface area contributed by atoms with Gasteiger partial charge in [0.25, 0.3) is 0 Å². The third-order valence-electron chi connectivity index (χ3n) is 1.22. The lowest BCUT2D eigenvalue weighted by molar-refractivity contribution is 1.47. The summed E-state index contributed by atoms with van der Waals surface area (Å²) in [6.45, 7) is 3.59. The molecule has 0 unspecified atom stereocenters. The van der Waals surface area contributed by atoms with E-state index in [0.29, 0.717) is 10.7 Å². The van der Waals surface area contributed by atoms with Crippen LogP contribution in [0.2, 0.25) is 5.02 Å². The van der Waals surface area contributed by atoms with Crippen LogP contribution in [0.4, 0.5) is 5.69 Å². The quantitative estimate of drug-likeness (QED) is 0.566. The Balaban J connectivity index is 3.05. The first kappa shape index (κ1) is 8.50. The molecular weight excluding hydrogens is 178 g/mol. The van der Waals surface area contributed by atoms with Crippen molar-refractivity contribution in [2.75, 3.05) is 5.73 Å². The second-order valence-electron chi connectivity index (χ2n) is 1.94. The zero-order valence-electron chi connectivity index (χ0n) is 5.88. The minimum absolute atomic E-state index is 0.594. The van der Waals surface area contributed by atoms with Crippen molar-refractivity contribution in [2.45, 2.75) is 4.90 Å². The summed E-state index contributed by atoms with van der Waals surface area (Å²) in [5, 5.41) is 2.32. The van der Waals surface area contributed by atoms with Gasteiger partial charge in [0, 0.05) is 4.90 Å². The molecule has 0 spiro atoms. The lowest BCUT2D eigenvalue weighted by Gasteiger charge is -2.02. The molecule has 2 N–H and O–H groups in total. The molecule has 11 heavy (non-hydrogen) atoms. The van der Waals surface area contributed by atoms with Crippen molar-refractivity contribution >= 4 is 29.1 Å². The molecule has 1 aromatic rings. The molecule has 0 aliphatic carbocycles. The normalized spacial score (nSPS) is 9.55. The number of benzene rings is 1. The largest absolute Gasteiger partial charge is 0.397 e. The minimum Gasteiger partial charge on any atom is -0.397 e. The molecule has 0 radical (unpaired) electrons. The average Bonchev–Trinajstić information content (AvgIpc) is 1.99. The maximum atomic E-state index is 5.78. The molecule has 58 valence electrons. The zero-order chi connectivity index (χ0) is 8.27. The third kappa shape index (κ3) is 1.91. The van der Waals surface area contributed by atoms with E-state index in [9.17, 15) is 0 Å². The Kier molecular flexibility index (Phi) is 2.85. The number of hydrogen-bond acceptors (Lipinski definition) is 2. The molecular formula is C8H8ClNS. The highest BCUT2D eigenvalue weighted by molar-refractivity contribution is 8.02. The maximum Gasteiger partial charge on any atom is 0.0647 e. The van der Waals surface area contributed by atoms with Gasteiger partial charge in [-0.15, -0.1) is 0 Å². The molecule has 1 rings (SSSR count). The lowest BCUT2D eigenvalue weighted by atomic mass is 10.3. The Morgan fingerprint density at radius 3 is 2.91 bits per heavy atom. The van der Waals surface area contributed by atoms with E-state index in [1.54, 1.807) is 11.5 Å². The summed E-state index contributed by atoms with van der Waals surface area (Å²) in [5.41, 5.74) is 6.29. The maximum absolute atomic E-state index is 5.78. The van der Waals surface area contributed by atoms with Gasteiger partial charge in [-0.2, -0.15) is 0 Å². The molecule has 0 saturated carbocycles. The molecule has 0 fully saturated rings. The summed E-state index contributed by atoms with van der Waals surface area (Å²) in [6.07, 6.45) is 0. The number of halogens is 1. The first-order chi connectivity index (χ1) is 5.25. The summed E-state index contributed by atoms with van der Waals surface area (Å²) in [4.78, 5) is 0.951. The standard InChI is InChI=1S/C8H8ClNS/c1-2-11-7-5-3-4-6(9)8(7)10/h2-5H,1,10H2. The van der Waals surface area contributed by atoms with Crippen LogP contribution in [0.5, 0.6) is 0 Å². The Hall–Kier alpha value is -0.600. The van der Waals surface area contributed by atoms with E-state index in [1.807, 2.05) is 12.1 Å². The van der Waals surface area contributed by atoms with Crippen LogP contribution in [0, 0.1) is 0 Å². The molecule has 0 bridgehead atoms. The molecule has 1 aromatic carbocycles. The van der Waals surface area contributed by atoms with Gasteiger partial charge < -0.3 is 5.73 Å².